The first-order valence-corrected chi connectivity index (χ1v) is 11.5. The van der Waals surface area contributed by atoms with Crippen molar-refractivity contribution < 1.29 is 13.9 Å². The molecule has 8 rings (SSSR count). The van der Waals surface area contributed by atoms with Gasteiger partial charge in [0.15, 0.2) is 0 Å². The van der Waals surface area contributed by atoms with E-state index in [0.29, 0.717) is 0 Å². The number of furan rings is 1. The minimum absolute atomic E-state index is 0.0646. The molecule has 0 atom stereocenters. The molecule has 5 aromatic carbocycles. The van der Waals surface area contributed by atoms with E-state index in [-0.39, 0.29) is 6.71 Å². The molecule has 158 valence electrons. The Balaban J connectivity index is 1.36. The van der Waals surface area contributed by atoms with Crippen molar-refractivity contribution in [2.24, 2.45) is 0 Å². The third-order valence-electron chi connectivity index (χ3n) is 7.02. The minimum Gasteiger partial charge on any atom is -0.458 e. The zero-order valence-electron chi connectivity index (χ0n) is 18.1. The third-order valence-corrected chi connectivity index (χ3v) is 7.02. The Morgan fingerprint density at radius 3 is 2.24 bits per heavy atom. The highest BCUT2D eigenvalue weighted by Crippen LogP contribution is 2.40. The summed E-state index contributed by atoms with van der Waals surface area (Å²) < 4.78 is 19.0. The number of rotatable bonds is 1. The molecule has 3 nitrogen and oxygen atoms in total. The average Bonchev–Trinajstić information content (AvgIpc) is 3.26. The van der Waals surface area contributed by atoms with Crippen LogP contribution in [-0.4, -0.2) is 6.71 Å². The second kappa shape index (κ2) is 6.55. The summed E-state index contributed by atoms with van der Waals surface area (Å²) in [7, 11) is 0. The monoisotopic (exact) mass is 436 g/mol. The van der Waals surface area contributed by atoms with Gasteiger partial charge < -0.3 is 13.9 Å². The molecular weight excluding hydrogens is 419 g/mol. The van der Waals surface area contributed by atoms with Gasteiger partial charge in [-0.15, -0.1) is 0 Å². The number of fused-ring (bicyclic) bond motifs is 7. The molecule has 3 heterocycles. The molecule has 0 saturated carbocycles. The number of hydrogen-bond acceptors (Lipinski definition) is 3. The van der Waals surface area contributed by atoms with Crippen molar-refractivity contribution in [2.45, 2.75) is 0 Å². The first-order chi connectivity index (χ1) is 16.8. The molecule has 1 aromatic heterocycles. The number of para-hydroxylation sites is 3. The van der Waals surface area contributed by atoms with E-state index in [1.165, 1.54) is 0 Å². The molecule has 0 amide bonds. The maximum absolute atomic E-state index is 6.59. The maximum atomic E-state index is 6.59. The van der Waals surface area contributed by atoms with E-state index < -0.39 is 0 Å². The fourth-order valence-corrected chi connectivity index (χ4v) is 5.52. The zero-order chi connectivity index (χ0) is 22.2. The van der Waals surface area contributed by atoms with E-state index in [1.54, 1.807) is 0 Å². The standard InChI is InChI=1S/C30H17BO3/c1-3-11-24-20(7-1)21-16-15-18(17-28(21)32-24)19-8-5-10-23-30(19)34-27-14-6-13-26-29(27)31(23)22-9-2-4-12-25(22)33-26/h1-17H. The Labute approximate surface area is 196 Å². The van der Waals surface area contributed by atoms with E-state index >= 15 is 0 Å². The van der Waals surface area contributed by atoms with Gasteiger partial charge in [-0.3, -0.25) is 0 Å². The van der Waals surface area contributed by atoms with Gasteiger partial charge in [0.05, 0.1) is 0 Å². The van der Waals surface area contributed by atoms with Crippen LogP contribution in [0.1, 0.15) is 0 Å². The van der Waals surface area contributed by atoms with Crippen LogP contribution in [0, 0.1) is 0 Å². The van der Waals surface area contributed by atoms with E-state index in [0.717, 1.165) is 72.5 Å². The molecule has 2 aliphatic heterocycles. The van der Waals surface area contributed by atoms with Crippen LogP contribution in [0.15, 0.2) is 108 Å². The summed E-state index contributed by atoms with van der Waals surface area (Å²) in [6, 6.07) is 35.4. The predicted molar refractivity (Wildman–Crippen MR) is 137 cm³/mol. The molecule has 0 unspecified atom stereocenters. The van der Waals surface area contributed by atoms with Crippen molar-refractivity contribution in [2.75, 3.05) is 0 Å². The van der Waals surface area contributed by atoms with Gasteiger partial charge in [-0.05, 0) is 52.9 Å². The molecule has 4 heteroatoms. The van der Waals surface area contributed by atoms with E-state index in [2.05, 4.69) is 54.6 Å². The van der Waals surface area contributed by atoms with E-state index in [9.17, 15) is 0 Å². The summed E-state index contributed by atoms with van der Waals surface area (Å²) in [5.74, 6) is 3.51. The molecular formula is C30H17BO3. The highest BCUT2D eigenvalue weighted by molar-refractivity contribution is 6.98. The Hall–Kier alpha value is -4.44. The first-order valence-electron chi connectivity index (χ1n) is 11.5. The Kier molecular flexibility index (Phi) is 3.48. The number of hydrogen-bond donors (Lipinski definition) is 0. The van der Waals surface area contributed by atoms with E-state index in [4.69, 9.17) is 13.9 Å². The first kappa shape index (κ1) is 18.0. The van der Waals surface area contributed by atoms with Gasteiger partial charge in [-0.2, -0.15) is 0 Å². The van der Waals surface area contributed by atoms with Crippen LogP contribution in [0.5, 0.6) is 23.0 Å². The molecule has 0 aliphatic carbocycles. The van der Waals surface area contributed by atoms with Crippen molar-refractivity contribution in [3.8, 4) is 34.1 Å². The maximum Gasteiger partial charge on any atom is 0.260 e. The van der Waals surface area contributed by atoms with Gasteiger partial charge >= 0.3 is 0 Å². The summed E-state index contributed by atoms with van der Waals surface area (Å²) in [5.41, 5.74) is 7.32. The fraction of sp³-hybridized carbons (Fsp3) is 0. The summed E-state index contributed by atoms with van der Waals surface area (Å²) in [6.45, 7) is 0.0646. The molecule has 0 bridgehead atoms. The van der Waals surface area contributed by atoms with Gasteiger partial charge in [0.25, 0.3) is 6.71 Å². The topological polar surface area (TPSA) is 31.6 Å². The second-order valence-corrected chi connectivity index (χ2v) is 8.88. The quantitative estimate of drug-likeness (QED) is 0.297. The van der Waals surface area contributed by atoms with Crippen LogP contribution in [0.4, 0.5) is 0 Å². The predicted octanol–water partition coefficient (Wildman–Crippen LogP) is 5.98. The fourth-order valence-electron chi connectivity index (χ4n) is 5.52. The lowest BCUT2D eigenvalue weighted by Crippen LogP contribution is -2.57. The summed E-state index contributed by atoms with van der Waals surface area (Å²) in [5, 5.41) is 2.26. The Morgan fingerprint density at radius 2 is 1.26 bits per heavy atom. The number of benzene rings is 5. The lowest BCUT2D eigenvalue weighted by molar-refractivity contribution is 0.465. The van der Waals surface area contributed by atoms with Gasteiger partial charge in [0.2, 0.25) is 0 Å². The number of ether oxygens (including phenoxy) is 2. The third kappa shape index (κ3) is 2.37. The molecule has 6 aromatic rings. The lowest BCUT2D eigenvalue weighted by Gasteiger charge is -2.33. The smallest absolute Gasteiger partial charge is 0.260 e. The van der Waals surface area contributed by atoms with Gasteiger partial charge in [-0.1, -0.05) is 66.7 Å². The van der Waals surface area contributed by atoms with Gasteiger partial charge in [-0.25, -0.2) is 0 Å². The Bertz CT molecular complexity index is 1780. The lowest BCUT2D eigenvalue weighted by atomic mass is 9.34. The van der Waals surface area contributed by atoms with Crippen molar-refractivity contribution in [1.82, 2.24) is 0 Å². The molecule has 0 radical (unpaired) electrons. The van der Waals surface area contributed by atoms with Crippen LogP contribution in [0.2, 0.25) is 0 Å². The largest absolute Gasteiger partial charge is 0.458 e. The highest BCUT2D eigenvalue weighted by atomic mass is 16.5. The van der Waals surface area contributed by atoms with Crippen LogP contribution < -0.4 is 25.9 Å². The summed E-state index contributed by atoms with van der Waals surface area (Å²) in [4.78, 5) is 0. The summed E-state index contributed by atoms with van der Waals surface area (Å²) in [6.07, 6.45) is 0. The Morgan fingerprint density at radius 1 is 0.529 bits per heavy atom. The van der Waals surface area contributed by atoms with Crippen LogP contribution in [0.3, 0.4) is 0 Å². The highest BCUT2D eigenvalue weighted by Gasteiger charge is 2.40. The second-order valence-electron chi connectivity index (χ2n) is 8.88. The van der Waals surface area contributed by atoms with Crippen LogP contribution in [0.25, 0.3) is 33.1 Å². The molecule has 0 fully saturated rings. The molecule has 0 N–H and O–H groups in total. The SMILES string of the molecule is c1ccc2c(c1)Oc1cccc3c1B2c1cccc(-c2ccc4c(c2)oc2ccccc24)c1O3. The van der Waals surface area contributed by atoms with Crippen molar-refractivity contribution in [3.05, 3.63) is 103 Å². The average molecular weight is 436 g/mol. The normalized spacial score (nSPS) is 13.1. The van der Waals surface area contributed by atoms with Crippen LogP contribution in [-0.2, 0) is 0 Å². The molecule has 0 spiro atoms. The van der Waals surface area contributed by atoms with Crippen molar-refractivity contribution in [1.29, 1.82) is 0 Å². The van der Waals surface area contributed by atoms with Gasteiger partial charge in [0, 0.05) is 21.8 Å². The minimum atomic E-state index is 0.0646. The molecule has 0 saturated heterocycles. The molecule has 34 heavy (non-hydrogen) atoms. The van der Waals surface area contributed by atoms with E-state index in [1.807, 2.05) is 48.5 Å². The summed E-state index contributed by atoms with van der Waals surface area (Å²) >= 11 is 0. The van der Waals surface area contributed by atoms with Crippen LogP contribution >= 0.6 is 0 Å². The molecule has 2 aliphatic rings. The van der Waals surface area contributed by atoms with Crippen molar-refractivity contribution >= 4 is 45.0 Å². The van der Waals surface area contributed by atoms with Gasteiger partial charge in [0.1, 0.15) is 34.2 Å². The zero-order valence-corrected chi connectivity index (χ0v) is 18.1. The van der Waals surface area contributed by atoms with Crippen molar-refractivity contribution in [3.63, 3.8) is 0 Å².